The minimum absolute atomic E-state index is 0.0736. The van der Waals surface area contributed by atoms with E-state index in [2.05, 4.69) is 29.8 Å². The highest BCUT2D eigenvalue weighted by atomic mass is 16.2. The molecular weight excluding hydrogens is 300 g/mol. The van der Waals surface area contributed by atoms with E-state index in [1.54, 1.807) is 0 Å². The number of carbonyl (C=O) groups is 1. The number of nitrogens with one attached hydrogen (secondary N) is 1. The summed E-state index contributed by atoms with van der Waals surface area (Å²) in [5, 5.41) is 1.16. The van der Waals surface area contributed by atoms with Crippen LogP contribution in [0, 0.1) is 5.92 Å². The van der Waals surface area contributed by atoms with E-state index in [0.29, 0.717) is 12.3 Å². The van der Waals surface area contributed by atoms with Gasteiger partial charge in [-0.25, -0.2) is 0 Å². The van der Waals surface area contributed by atoms with Crippen LogP contribution >= 0.6 is 0 Å². The van der Waals surface area contributed by atoms with Crippen LogP contribution < -0.4 is 5.73 Å². The molecule has 0 unspecified atom stereocenters. The predicted molar refractivity (Wildman–Crippen MR) is 97.8 cm³/mol. The quantitative estimate of drug-likeness (QED) is 0.880. The third kappa shape index (κ3) is 3.79. The zero-order chi connectivity index (χ0) is 17.1. The summed E-state index contributed by atoms with van der Waals surface area (Å²) in [4.78, 5) is 20.3. The Bertz CT molecular complexity index is 685. The number of benzene rings is 1. The summed E-state index contributed by atoms with van der Waals surface area (Å²) in [6.07, 6.45) is 2.55. The molecule has 5 heteroatoms. The van der Waals surface area contributed by atoms with Gasteiger partial charge in [-0.1, -0.05) is 32.0 Å². The van der Waals surface area contributed by atoms with Crippen molar-refractivity contribution in [3.05, 3.63) is 36.0 Å². The lowest BCUT2D eigenvalue weighted by atomic mass is 10.0. The number of hydrogen-bond acceptors (Lipinski definition) is 3. The van der Waals surface area contributed by atoms with E-state index in [1.165, 1.54) is 0 Å². The molecule has 0 spiro atoms. The van der Waals surface area contributed by atoms with Gasteiger partial charge >= 0.3 is 0 Å². The van der Waals surface area contributed by atoms with Gasteiger partial charge in [-0.3, -0.25) is 9.69 Å². The minimum atomic E-state index is -0.471. The minimum Gasteiger partial charge on any atom is -0.361 e. The lowest BCUT2D eigenvalue weighted by Crippen LogP contribution is -2.54. The van der Waals surface area contributed by atoms with E-state index in [4.69, 9.17) is 5.73 Å². The number of rotatable bonds is 5. The summed E-state index contributed by atoms with van der Waals surface area (Å²) in [7, 11) is 0. The molecule has 0 radical (unpaired) electrons. The molecule has 1 aromatic carbocycles. The maximum Gasteiger partial charge on any atom is 0.239 e. The Morgan fingerprint density at radius 1 is 1.21 bits per heavy atom. The van der Waals surface area contributed by atoms with Gasteiger partial charge in [-0.05, 0) is 24.0 Å². The summed E-state index contributed by atoms with van der Waals surface area (Å²) < 4.78 is 0. The van der Waals surface area contributed by atoms with Gasteiger partial charge in [0.1, 0.15) is 0 Å². The first-order valence-corrected chi connectivity index (χ1v) is 8.86. The van der Waals surface area contributed by atoms with Crippen LogP contribution in [-0.4, -0.2) is 59.5 Å². The monoisotopic (exact) mass is 328 g/mol. The number of H-pyrrole nitrogens is 1. The van der Waals surface area contributed by atoms with Gasteiger partial charge in [-0.15, -0.1) is 0 Å². The van der Waals surface area contributed by atoms with Crippen LogP contribution in [0.5, 0.6) is 0 Å². The molecule has 130 valence electrons. The number of hydrogen-bond donors (Lipinski definition) is 2. The maximum atomic E-state index is 12.7. The van der Waals surface area contributed by atoms with Gasteiger partial charge in [0.25, 0.3) is 0 Å². The Morgan fingerprint density at radius 3 is 2.62 bits per heavy atom. The summed E-state index contributed by atoms with van der Waals surface area (Å²) >= 11 is 0. The third-order valence-corrected chi connectivity index (χ3v) is 4.74. The highest BCUT2D eigenvalue weighted by Crippen LogP contribution is 2.19. The molecule has 0 aliphatic carbocycles. The second-order valence-electron chi connectivity index (χ2n) is 7.19. The van der Waals surface area contributed by atoms with Gasteiger partial charge in [0.15, 0.2) is 0 Å². The molecule has 1 amide bonds. The predicted octanol–water partition coefficient (Wildman–Crippen LogP) is 1.84. The van der Waals surface area contributed by atoms with Gasteiger partial charge in [0, 0.05) is 49.8 Å². The van der Waals surface area contributed by atoms with Crippen molar-refractivity contribution in [1.29, 1.82) is 0 Å². The molecule has 1 atom stereocenters. The largest absolute Gasteiger partial charge is 0.361 e. The van der Waals surface area contributed by atoms with E-state index >= 15 is 0 Å². The fraction of sp³-hybridized carbons (Fsp3) is 0.526. The lowest BCUT2D eigenvalue weighted by molar-refractivity contribution is -0.134. The summed E-state index contributed by atoms with van der Waals surface area (Å²) in [5.41, 5.74) is 8.43. The molecule has 3 N–H and O–H groups in total. The molecular formula is C19H28N4O. The van der Waals surface area contributed by atoms with Crippen LogP contribution in [0.3, 0.4) is 0 Å². The molecule has 2 aromatic rings. The normalized spacial score (nSPS) is 17.6. The molecule has 3 rings (SSSR count). The SMILES string of the molecule is CC(C)CN1CCN(C(=O)[C@@H](N)Cc2c[nH]c3ccccc23)CC1. The number of fused-ring (bicyclic) bond motifs is 1. The number of carbonyl (C=O) groups excluding carboxylic acids is 1. The number of para-hydroxylation sites is 1. The Morgan fingerprint density at radius 2 is 1.92 bits per heavy atom. The summed E-state index contributed by atoms with van der Waals surface area (Å²) in [6, 6.07) is 7.66. The van der Waals surface area contributed by atoms with Crippen molar-refractivity contribution in [2.24, 2.45) is 11.7 Å². The molecule has 2 heterocycles. The van der Waals surface area contributed by atoms with Crippen molar-refractivity contribution in [2.75, 3.05) is 32.7 Å². The highest BCUT2D eigenvalue weighted by Gasteiger charge is 2.26. The van der Waals surface area contributed by atoms with Crippen molar-refractivity contribution in [3.63, 3.8) is 0 Å². The maximum absolute atomic E-state index is 12.7. The van der Waals surface area contributed by atoms with E-state index in [-0.39, 0.29) is 5.91 Å². The van der Waals surface area contributed by atoms with Crippen LogP contribution in [0.1, 0.15) is 19.4 Å². The zero-order valence-electron chi connectivity index (χ0n) is 14.7. The van der Waals surface area contributed by atoms with Crippen molar-refractivity contribution in [3.8, 4) is 0 Å². The second-order valence-corrected chi connectivity index (χ2v) is 7.19. The van der Waals surface area contributed by atoms with Crippen LogP contribution in [0.15, 0.2) is 30.5 Å². The molecule has 1 fully saturated rings. The van der Waals surface area contributed by atoms with Gasteiger partial charge < -0.3 is 15.6 Å². The van der Waals surface area contributed by atoms with Crippen LogP contribution in [0.25, 0.3) is 10.9 Å². The standard InChI is InChI=1S/C19H28N4O/c1-14(2)13-22-7-9-23(10-8-22)19(24)17(20)11-15-12-21-18-6-4-3-5-16(15)18/h3-6,12,14,17,21H,7-11,13,20H2,1-2H3/t17-/m0/s1. The lowest BCUT2D eigenvalue weighted by Gasteiger charge is -2.36. The average Bonchev–Trinajstić information content (AvgIpc) is 2.97. The zero-order valence-corrected chi connectivity index (χ0v) is 14.7. The number of amides is 1. The fourth-order valence-corrected chi connectivity index (χ4v) is 3.53. The molecule has 24 heavy (non-hydrogen) atoms. The second kappa shape index (κ2) is 7.36. The fourth-order valence-electron chi connectivity index (χ4n) is 3.53. The molecule has 5 nitrogen and oxygen atoms in total. The van der Waals surface area contributed by atoms with Crippen molar-refractivity contribution in [1.82, 2.24) is 14.8 Å². The average molecular weight is 328 g/mol. The summed E-state index contributed by atoms with van der Waals surface area (Å²) in [5.74, 6) is 0.737. The highest BCUT2D eigenvalue weighted by molar-refractivity contribution is 5.86. The van der Waals surface area contributed by atoms with Crippen molar-refractivity contribution in [2.45, 2.75) is 26.3 Å². The first-order chi connectivity index (χ1) is 11.5. The topological polar surface area (TPSA) is 65.4 Å². The van der Waals surface area contributed by atoms with E-state index < -0.39 is 6.04 Å². The van der Waals surface area contributed by atoms with Crippen LogP contribution in [-0.2, 0) is 11.2 Å². The smallest absolute Gasteiger partial charge is 0.239 e. The third-order valence-electron chi connectivity index (χ3n) is 4.74. The van der Waals surface area contributed by atoms with Crippen LogP contribution in [0.2, 0.25) is 0 Å². The molecule has 1 saturated heterocycles. The number of piperazine rings is 1. The Hall–Kier alpha value is -1.85. The molecule has 1 aliphatic heterocycles. The van der Waals surface area contributed by atoms with Crippen LogP contribution in [0.4, 0.5) is 0 Å². The Kier molecular flexibility index (Phi) is 5.21. The van der Waals surface area contributed by atoms with Gasteiger partial charge in [0.05, 0.1) is 6.04 Å². The van der Waals surface area contributed by atoms with Gasteiger partial charge in [-0.2, -0.15) is 0 Å². The molecule has 0 bridgehead atoms. The first-order valence-electron chi connectivity index (χ1n) is 8.86. The number of nitrogens with zero attached hydrogens (tertiary/aromatic N) is 2. The Labute approximate surface area is 143 Å². The molecule has 0 saturated carbocycles. The first kappa shape index (κ1) is 17.0. The number of nitrogens with two attached hydrogens (primary N) is 1. The molecule has 1 aromatic heterocycles. The van der Waals surface area contributed by atoms with E-state index in [0.717, 1.165) is 49.2 Å². The number of aromatic nitrogens is 1. The van der Waals surface area contributed by atoms with Crippen molar-refractivity contribution >= 4 is 16.8 Å². The number of aromatic amines is 1. The van der Waals surface area contributed by atoms with E-state index in [1.807, 2.05) is 29.3 Å². The molecule has 1 aliphatic rings. The summed E-state index contributed by atoms with van der Waals surface area (Å²) in [6.45, 7) is 9.03. The van der Waals surface area contributed by atoms with Crippen molar-refractivity contribution < 1.29 is 4.79 Å². The van der Waals surface area contributed by atoms with Gasteiger partial charge in [0.2, 0.25) is 5.91 Å². The van der Waals surface area contributed by atoms with E-state index in [9.17, 15) is 4.79 Å². The Balaban J connectivity index is 1.57.